The van der Waals surface area contributed by atoms with Gasteiger partial charge in [0.15, 0.2) is 0 Å². The SMILES string of the molecule is OCC1CC(OC2=C=CCCC2)C(O)C(O)C1O. The molecule has 5 heteroatoms. The van der Waals surface area contributed by atoms with Crippen LogP contribution in [-0.4, -0.2) is 51.4 Å². The lowest BCUT2D eigenvalue weighted by molar-refractivity contribution is -0.169. The van der Waals surface area contributed by atoms with Crippen LogP contribution in [0.5, 0.6) is 0 Å². The lowest BCUT2D eigenvalue weighted by atomic mass is 9.81. The van der Waals surface area contributed by atoms with Gasteiger partial charge in [-0.2, -0.15) is 0 Å². The molecule has 5 nitrogen and oxygen atoms in total. The van der Waals surface area contributed by atoms with Crippen LogP contribution in [0, 0.1) is 5.92 Å². The molecule has 2 rings (SSSR count). The minimum atomic E-state index is -1.28. The van der Waals surface area contributed by atoms with E-state index in [1.165, 1.54) is 0 Å². The van der Waals surface area contributed by atoms with Gasteiger partial charge < -0.3 is 25.2 Å². The summed E-state index contributed by atoms with van der Waals surface area (Å²) in [6.07, 6.45) is 0.801. The van der Waals surface area contributed by atoms with E-state index in [-0.39, 0.29) is 6.61 Å². The van der Waals surface area contributed by atoms with Gasteiger partial charge in [0.05, 0.1) is 6.10 Å². The second kappa shape index (κ2) is 5.87. The molecule has 102 valence electrons. The molecule has 0 bridgehead atoms. The number of aliphatic hydroxyl groups excluding tert-OH is 4. The maximum Gasteiger partial charge on any atom is 0.138 e. The lowest BCUT2D eigenvalue weighted by Crippen LogP contribution is -2.55. The Labute approximate surface area is 106 Å². The maximum absolute atomic E-state index is 9.88. The Morgan fingerprint density at radius 1 is 1.22 bits per heavy atom. The van der Waals surface area contributed by atoms with Gasteiger partial charge in [-0.15, -0.1) is 0 Å². The van der Waals surface area contributed by atoms with Crippen molar-refractivity contribution in [2.24, 2.45) is 5.92 Å². The van der Waals surface area contributed by atoms with Crippen molar-refractivity contribution in [2.45, 2.75) is 50.1 Å². The highest BCUT2D eigenvalue weighted by atomic mass is 16.5. The predicted molar refractivity (Wildman–Crippen MR) is 63.5 cm³/mol. The molecule has 0 spiro atoms. The normalized spacial score (nSPS) is 40.4. The Kier molecular flexibility index (Phi) is 4.43. The minimum Gasteiger partial charge on any atom is -0.484 e. The minimum absolute atomic E-state index is 0.236. The molecule has 0 aromatic heterocycles. The fourth-order valence-electron chi connectivity index (χ4n) is 2.48. The molecule has 5 unspecified atom stereocenters. The topological polar surface area (TPSA) is 90.2 Å². The van der Waals surface area contributed by atoms with Gasteiger partial charge in [0, 0.05) is 18.9 Å². The molecule has 1 fully saturated rings. The summed E-state index contributed by atoms with van der Waals surface area (Å²) in [5.41, 5.74) is 3.00. The zero-order chi connectivity index (χ0) is 13.1. The molecule has 18 heavy (non-hydrogen) atoms. The van der Waals surface area contributed by atoms with Gasteiger partial charge in [0.1, 0.15) is 24.1 Å². The van der Waals surface area contributed by atoms with Gasteiger partial charge in [-0.05, 0) is 25.3 Å². The summed E-state index contributed by atoms with van der Waals surface area (Å²) in [6, 6.07) is 0. The molecule has 2 aliphatic carbocycles. The Bertz CT molecular complexity index is 345. The van der Waals surface area contributed by atoms with Crippen LogP contribution in [0.1, 0.15) is 25.7 Å². The Balaban J connectivity index is 2.05. The number of aliphatic hydroxyl groups is 4. The fourth-order valence-corrected chi connectivity index (χ4v) is 2.48. The van der Waals surface area contributed by atoms with E-state index in [4.69, 9.17) is 9.84 Å². The first-order chi connectivity index (χ1) is 8.63. The zero-order valence-corrected chi connectivity index (χ0v) is 10.2. The van der Waals surface area contributed by atoms with Crippen molar-refractivity contribution in [3.63, 3.8) is 0 Å². The largest absolute Gasteiger partial charge is 0.484 e. The van der Waals surface area contributed by atoms with Crippen LogP contribution in [0.2, 0.25) is 0 Å². The summed E-state index contributed by atoms with van der Waals surface area (Å²) in [5.74, 6) is 0.201. The molecule has 0 aromatic rings. The second-order valence-corrected chi connectivity index (χ2v) is 4.97. The van der Waals surface area contributed by atoms with Gasteiger partial charge in [-0.25, -0.2) is 0 Å². The predicted octanol–water partition coefficient (Wildman–Crippen LogP) is -0.311. The fraction of sp³-hybridized carbons (Fsp3) is 0.769. The molecular weight excluding hydrogens is 236 g/mol. The highest BCUT2D eigenvalue weighted by Gasteiger charge is 2.43. The first kappa shape index (κ1) is 13.6. The molecule has 2 aliphatic rings. The van der Waals surface area contributed by atoms with Gasteiger partial charge in [0.2, 0.25) is 0 Å². The van der Waals surface area contributed by atoms with E-state index >= 15 is 0 Å². The molecule has 0 aromatic carbocycles. The number of rotatable bonds is 3. The molecule has 1 saturated carbocycles. The maximum atomic E-state index is 9.88. The summed E-state index contributed by atoms with van der Waals surface area (Å²) >= 11 is 0. The molecule has 0 aliphatic heterocycles. The van der Waals surface area contributed by atoms with Gasteiger partial charge in [-0.1, -0.05) is 5.73 Å². The van der Waals surface area contributed by atoms with E-state index in [1.54, 1.807) is 0 Å². The van der Waals surface area contributed by atoms with Crippen LogP contribution >= 0.6 is 0 Å². The number of allylic oxidation sites excluding steroid dienone is 1. The van der Waals surface area contributed by atoms with E-state index in [9.17, 15) is 15.3 Å². The molecule has 0 amide bonds. The Morgan fingerprint density at radius 2 is 2.00 bits per heavy atom. The van der Waals surface area contributed by atoms with Crippen molar-refractivity contribution in [2.75, 3.05) is 6.61 Å². The average molecular weight is 256 g/mol. The summed E-state index contributed by atoms with van der Waals surface area (Å²) < 4.78 is 5.64. The highest BCUT2D eigenvalue weighted by Crippen LogP contribution is 2.30. The second-order valence-electron chi connectivity index (χ2n) is 4.97. The Morgan fingerprint density at radius 3 is 2.61 bits per heavy atom. The molecular formula is C13H20O5. The van der Waals surface area contributed by atoms with E-state index in [0.717, 1.165) is 19.3 Å². The first-order valence-corrected chi connectivity index (χ1v) is 6.39. The van der Waals surface area contributed by atoms with Crippen molar-refractivity contribution >= 4 is 0 Å². The summed E-state index contributed by atoms with van der Waals surface area (Å²) in [7, 11) is 0. The van der Waals surface area contributed by atoms with Crippen LogP contribution in [0.4, 0.5) is 0 Å². The Hall–Kier alpha value is -0.840. The van der Waals surface area contributed by atoms with Crippen LogP contribution in [0.25, 0.3) is 0 Å². The third kappa shape index (κ3) is 2.76. The van der Waals surface area contributed by atoms with Gasteiger partial charge in [-0.3, -0.25) is 0 Å². The van der Waals surface area contributed by atoms with E-state index in [0.29, 0.717) is 12.2 Å². The highest BCUT2D eigenvalue weighted by molar-refractivity contribution is 5.02. The van der Waals surface area contributed by atoms with E-state index in [1.807, 2.05) is 6.08 Å². The third-order valence-electron chi connectivity index (χ3n) is 3.64. The number of ether oxygens (including phenoxy) is 1. The quantitative estimate of drug-likeness (QED) is 0.520. The van der Waals surface area contributed by atoms with Crippen LogP contribution in [-0.2, 0) is 4.74 Å². The monoisotopic (exact) mass is 256 g/mol. The van der Waals surface area contributed by atoms with Crippen molar-refractivity contribution in [1.82, 2.24) is 0 Å². The lowest BCUT2D eigenvalue weighted by Gasteiger charge is -2.39. The smallest absolute Gasteiger partial charge is 0.138 e. The molecule has 4 N–H and O–H groups in total. The van der Waals surface area contributed by atoms with E-state index < -0.39 is 30.3 Å². The zero-order valence-electron chi connectivity index (χ0n) is 10.2. The molecule has 0 radical (unpaired) electrons. The van der Waals surface area contributed by atoms with Gasteiger partial charge in [0.25, 0.3) is 0 Å². The van der Waals surface area contributed by atoms with Crippen LogP contribution < -0.4 is 0 Å². The van der Waals surface area contributed by atoms with Crippen LogP contribution in [0.15, 0.2) is 17.6 Å². The molecule has 5 atom stereocenters. The summed E-state index contributed by atoms with van der Waals surface area (Å²) in [5, 5.41) is 38.4. The van der Waals surface area contributed by atoms with E-state index in [2.05, 4.69) is 5.73 Å². The van der Waals surface area contributed by atoms with Crippen molar-refractivity contribution < 1.29 is 25.2 Å². The van der Waals surface area contributed by atoms with Crippen LogP contribution in [0.3, 0.4) is 0 Å². The summed E-state index contributed by atoms with van der Waals surface area (Å²) in [6.45, 7) is -0.236. The molecule has 0 heterocycles. The first-order valence-electron chi connectivity index (χ1n) is 6.39. The average Bonchev–Trinajstić information content (AvgIpc) is 2.40. The van der Waals surface area contributed by atoms with Crippen molar-refractivity contribution in [1.29, 1.82) is 0 Å². The van der Waals surface area contributed by atoms with Gasteiger partial charge >= 0.3 is 0 Å². The number of hydrogen-bond donors (Lipinski definition) is 4. The standard InChI is InChI=1S/C13H20O5/c14-7-8-6-10(12(16)13(17)11(8)15)18-9-4-2-1-3-5-9/h2,8,10-17H,1,3,5-7H2. The number of hydrogen-bond acceptors (Lipinski definition) is 5. The van der Waals surface area contributed by atoms with Crippen molar-refractivity contribution in [3.8, 4) is 0 Å². The summed E-state index contributed by atoms with van der Waals surface area (Å²) in [4.78, 5) is 0. The van der Waals surface area contributed by atoms with Crippen molar-refractivity contribution in [3.05, 3.63) is 17.6 Å². The molecule has 0 saturated heterocycles. The third-order valence-corrected chi connectivity index (χ3v) is 3.64.